The van der Waals surface area contributed by atoms with Gasteiger partial charge in [0.15, 0.2) is 0 Å². The molecule has 0 aromatic carbocycles. The summed E-state index contributed by atoms with van der Waals surface area (Å²) in [4.78, 5) is 0.927. The number of halogens is 1. The predicted octanol–water partition coefficient (Wildman–Crippen LogP) is 2.35. The third kappa shape index (κ3) is 2.45. The van der Waals surface area contributed by atoms with Crippen molar-refractivity contribution in [2.75, 3.05) is 13.1 Å². The summed E-state index contributed by atoms with van der Waals surface area (Å²) in [5.41, 5.74) is 0.954. The van der Waals surface area contributed by atoms with Crippen molar-refractivity contribution in [2.45, 2.75) is 42.1 Å². The van der Waals surface area contributed by atoms with Gasteiger partial charge in [-0.3, -0.25) is 0 Å². The number of fused-ring (bicyclic) bond motifs is 2. The highest BCUT2D eigenvalue weighted by atomic mass is 35.5. The maximum Gasteiger partial charge on any atom is 0.252 e. The molecule has 0 amide bonds. The van der Waals surface area contributed by atoms with Crippen LogP contribution in [-0.4, -0.2) is 38.0 Å². The second kappa shape index (κ2) is 5.00. The first kappa shape index (κ1) is 13.8. The number of nitrogens with zero attached hydrogens (tertiary/aromatic N) is 1. The topological polar surface area (TPSA) is 46.6 Å². The van der Waals surface area contributed by atoms with Gasteiger partial charge in [0.1, 0.15) is 4.21 Å². The van der Waals surface area contributed by atoms with Gasteiger partial charge in [-0.2, -0.15) is 4.31 Å². The average Bonchev–Trinajstić information content (AvgIpc) is 2.92. The van der Waals surface area contributed by atoms with E-state index < -0.39 is 10.0 Å². The molecule has 2 bridgehead atoms. The molecule has 2 aliphatic heterocycles. The molecular formula is C12H16ClNO3S2. The van der Waals surface area contributed by atoms with Crippen LogP contribution in [0.15, 0.2) is 10.3 Å². The molecule has 2 fully saturated rings. The highest BCUT2D eigenvalue weighted by Gasteiger charge is 2.39. The molecule has 106 valence electrons. The van der Waals surface area contributed by atoms with Gasteiger partial charge in [-0.15, -0.1) is 22.9 Å². The molecule has 3 heterocycles. The van der Waals surface area contributed by atoms with Crippen LogP contribution < -0.4 is 0 Å². The maximum atomic E-state index is 12.6. The third-order valence-corrected chi connectivity index (χ3v) is 7.67. The highest BCUT2D eigenvalue weighted by molar-refractivity contribution is 7.91. The summed E-state index contributed by atoms with van der Waals surface area (Å²) in [7, 11) is -3.39. The minimum absolute atomic E-state index is 0.0714. The number of morpholine rings is 1. The van der Waals surface area contributed by atoms with E-state index in [2.05, 4.69) is 0 Å². The van der Waals surface area contributed by atoms with E-state index in [0.717, 1.165) is 23.3 Å². The van der Waals surface area contributed by atoms with E-state index in [0.29, 0.717) is 23.2 Å². The van der Waals surface area contributed by atoms with Crippen molar-refractivity contribution >= 4 is 33.0 Å². The number of aryl methyl sites for hydroxylation is 1. The Morgan fingerprint density at radius 2 is 2.05 bits per heavy atom. The summed E-state index contributed by atoms with van der Waals surface area (Å²) in [5.74, 6) is 0.361. The van der Waals surface area contributed by atoms with Gasteiger partial charge in [0, 0.05) is 18.0 Å². The van der Waals surface area contributed by atoms with Crippen molar-refractivity contribution in [2.24, 2.45) is 0 Å². The fraction of sp³-hybridized carbons (Fsp3) is 0.667. The Bertz CT molecular complexity index is 572. The van der Waals surface area contributed by atoms with Gasteiger partial charge in [-0.05, 0) is 31.4 Å². The zero-order valence-corrected chi connectivity index (χ0v) is 13.0. The molecule has 2 aliphatic rings. The molecule has 2 unspecified atom stereocenters. The van der Waals surface area contributed by atoms with Crippen LogP contribution in [0.2, 0.25) is 0 Å². The molecular weight excluding hydrogens is 306 g/mol. The fourth-order valence-electron chi connectivity index (χ4n) is 2.65. The standard InChI is InChI=1S/C12H16ClNO3S2/c1-8-4-12(18-11(8)5-13)19(15,16)14-6-9-2-3-10(7-14)17-9/h4,9-10H,2-3,5-7H2,1H3. The minimum atomic E-state index is -3.39. The van der Waals surface area contributed by atoms with Crippen molar-refractivity contribution in [1.82, 2.24) is 4.31 Å². The number of thiophene rings is 1. The van der Waals surface area contributed by atoms with Crippen LogP contribution in [0.3, 0.4) is 0 Å². The largest absolute Gasteiger partial charge is 0.372 e. The summed E-state index contributed by atoms with van der Waals surface area (Å²) < 4.78 is 32.9. The molecule has 0 spiro atoms. The van der Waals surface area contributed by atoms with E-state index in [1.54, 1.807) is 10.4 Å². The lowest BCUT2D eigenvalue weighted by molar-refractivity contribution is -0.0114. The van der Waals surface area contributed by atoms with Gasteiger partial charge in [0.05, 0.1) is 18.1 Å². The SMILES string of the molecule is Cc1cc(S(=O)(=O)N2CC3CCC(C2)O3)sc1CCl. The molecule has 0 N–H and O–H groups in total. The van der Waals surface area contributed by atoms with E-state index in [9.17, 15) is 8.42 Å². The van der Waals surface area contributed by atoms with Crippen LogP contribution in [0, 0.1) is 6.92 Å². The number of sulfonamides is 1. The molecule has 1 aromatic heterocycles. The first-order chi connectivity index (χ1) is 9.00. The van der Waals surface area contributed by atoms with Crippen LogP contribution in [0.1, 0.15) is 23.3 Å². The van der Waals surface area contributed by atoms with Gasteiger partial charge >= 0.3 is 0 Å². The Kier molecular flexibility index (Phi) is 3.64. The Morgan fingerprint density at radius 3 is 2.58 bits per heavy atom. The Labute approximate surface area is 122 Å². The van der Waals surface area contributed by atoms with Gasteiger partial charge in [0.25, 0.3) is 10.0 Å². The van der Waals surface area contributed by atoms with Crippen LogP contribution >= 0.6 is 22.9 Å². The molecule has 2 atom stereocenters. The van der Waals surface area contributed by atoms with Crippen LogP contribution in [0.5, 0.6) is 0 Å². The third-order valence-electron chi connectivity index (χ3n) is 3.72. The van der Waals surface area contributed by atoms with Crippen molar-refractivity contribution in [3.8, 4) is 0 Å². The van der Waals surface area contributed by atoms with E-state index in [1.807, 2.05) is 6.92 Å². The molecule has 7 heteroatoms. The lowest BCUT2D eigenvalue weighted by Crippen LogP contribution is -2.45. The first-order valence-corrected chi connectivity index (χ1v) is 9.10. The predicted molar refractivity (Wildman–Crippen MR) is 75.3 cm³/mol. The zero-order valence-electron chi connectivity index (χ0n) is 10.6. The maximum absolute atomic E-state index is 12.6. The Balaban J connectivity index is 1.89. The monoisotopic (exact) mass is 321 g/mol. The lowest BCUT2D eigenvalue weighted by Gasteiger charge is -2.30. The minimum Gasteiger partial charge on any atom is -0.372 e. The second-order valence-corrected chi connectivity index (χ2v) is 8.65. The number of hydrogen-bond acceptors (Lipinski definition) is 4. The molecule has 19 heavy (non-hydrogen) atoms. The summed E-state index contributed by atoms with van der Waals surface area (Å²) in [6.45, 7) is 2.86. The van der Waals surface area contributed by atoms with Crippen LogP contribution in [0.4, 0.5) is 0 Å². The van der Waals surface area contributed by atoms with Crippen molar-refractivity contribution < 1.29 is 13.2 Å². The molecule has 2 saturated heterocycles. The number of ether oxygens (including phenoxy) is 1. The molecule has 1 aromatic rings. The second-order valence-electron chi connectivity index (χ2n) is 5.08. The number of alkyl halides is 1. The van der Waals surface area contributed by atoms with E-state index in [1.165, 1.54) is 11.3 Å². The smallest absolute Gasteiger partial charge is 0.252 e. The fourth-order valence-corrected chi connectivity index (χ4v) is 6.12. The Hall–Kier alpha value is -0.140. The molecule has 3 rings (SSSR count). The quantitative estimate of drug-likeness (QED) is 0.803. The Morgan fingerprint density at radius 1 is 1.42 bits per heavy atom. The molecule has 4 nitrogen and oxygen atoms in total. The lowest BCUT2D eigenvalue weighted by atomic mass is 10.2. The van der Waals surface area contributed by atoms with Gasteiger partial charge in [-0.1, -0.05) is 0 Å². The van der Waals surface area contributed by atoms with Gasteiger partial charge in [0.2, 0.25) is 0 Å². The highest BCUT2D eigenvalue weighted by Crippen LogP contribution is 2.33. The average molecular weight is 322 g/mol. The summed E-state index contributed by atoms with van der Waals surface area (Å²) in [5, 5.41) is 0. The van der Waals surface area contributed by atoms with Crippen molar-refractivity contribution in [1.29, 1.82) is 0 Å². The van der Waals surface area contributed by atoms with E-state index in [-0.39, 0.29) is 12.2 Å². The van der Waals surface area contributed by atoms with Gasteiger partial charge < -0.3 is 4.74 Å². The molecule has 0 aliphatic carbocycles. The van der Waals surface area contributed by atoms with Crippen molar-refractivity contribution in [3.05, 3.63) is 16.5 Å². The summed E-state index contributed by atoms with van der Waals surface area (Å²) in [6, 6.07) is 1.73. The van der Waals surface area contributed by atoms with Crippen LogP contribution in [0.25, 0.3) is 0 Å². The first-order valence-electron chi connectivity index (χ1n) is 6.31. The van der Waals surface area contributed by atoms with Crippen LogP contribution in [-0.2, 0) is 20.6 Å². The van der Waals surface area contributed by atoms with Crippen molar-refractivity contribution in [3.63, 3.8) is 0 Å². The molecule has 0 saturated carbocycles. The number of hydrogen-bond donors (Lipinski definition) is 0. The molecule has 0 radical (unpaired) electrons. The van der Waals surface area contributed by atoms with Gasteiger partial charge in [-0.25, -0.2) is 8.42 Å². The van der Waals surface area contributed by atoms with E-state index >= 15 is 0 Å². The number of rotatable bonds is 3. The van der Waals surface area contributed by atoms with E-state index in [4.69, 9.17) is 16.3 Å². The summed E-state index contributed by atoms with van der Waals surface area (Å²) >= 11 is 7.10. The zero-order chi connectivity index (χ0) is 13.6. The normalized spacial score (nSPS) is 27.9. The summed E-state index contributed by atoms with van der Waals surface area (Å²) in [6.07, 6.45) is 2.07.